The first-order valence-corrected chi connectivity index (χ1v) is 12.9. The van der Waals surface area contributed by atoms with Gasteiger partial charge >= 0.3 is 0 Å². The van der Waals surface area contributed by atoms with Crippen molar-refractivity contribution in [1.29, 1.82) is 0 Å². The molecule has 1 aromatic heterocycles. The maximum absolute atomic E-state index is 12.8. The Balaban J connectivity index is 1.20. The van der Waals surface area contributed by atoms with Gasteiger partial charge in [0, 0.05) is 50.7 Å². The van der Waals surface area contributed by atoms with E-state index in [2.05, 4.69) is 33.9 Å². The Labute approximate surface area is 203 Å². The molecule has 2 aliphatic heterocycles. The van der Waals surface area contributed by atoms with Crippen molar-refractivity contribution in [3.05, 3.63) is 46.6 Å². The fourth-order valence-corrected chi connectivity index (χ4v) is 5.58. The largest absolute Gasteiger partial charge is 0.353 e. The molecule has 1 atom stereocenters. The van der Waals surface area contributed by atoms with Crippen LogP contribution in [0.3, 0.4) is 0 Å². The van der Waals surface area contributed by atoms with Gasteiger partial charge < -0.3 is 14.7 Å². The van der Waals surface area contributed by atoms with Crippen molar-refractivity contribution in [3.63, 3.8) is 0 Å². The van der Waals surface area contributed by atoms with Crippen molar-refractivity contribution >= 4 is 41.0 Å². The molecule has 0 N–H and O–H groups in total. The highest BCUT2D eigenvalue weighted by molar-refractivity contribution is 7.99. The summed E-state index contributed by atoms with van der Waals surface area (Å²) in [6.07, 6.45) is 2.94. The van der Waals surface area contributed by atoms with Crippen molar-refractivity contribution in [3.8, 4) is 0 Å². The molecule has 2 aromatic rings. The van der Waals surface area contributed by atoms with Crippen LogP contribution in [0.25, 0.3) is 0 Å². The molecule has 1 saturated heterocycles. The molecule has 174 valence electrons. The van der Waals surface area contributed by atoms with Gasteiger partial charge in [0.05, 0.1) is 5.75 Å². The van der Waals surface area contributed by atoms with Gasteiger partial charge in [0.15, 0.2) is 5.16 Å². The molecule has 3 heterocycles. The van der Waals surface area contributed by atoms with Gasteiger partial charge in [0.1, 0.15) is 11.0 Å². The number of hydrogen-bond acceptors (Lipinski definition) is 6. The number of benzene rings is 1. The summed E-state index contributed by atoms with van der Waals surface area (Å²) in [5.74, 6) is 1.64. The third-order valence-electron chi connectivity index (χ3n) is 6.63. The summed E-state index contributed by atoms with van der Waals surface area (Å²) >= 11 is 7.63. The van der Waals surface area contributed by atoms with Gasteiger partial charge in [0.2, 0.25) is 11.8 Å². The summed E-state index contributed by atoms with van der Waals surface area (Å²) in [5, 5.41) is 0.874. The predicted molar refractivity (Wildman–Crippen MR) is 129 cm³/mol. The number of amides is 2. The van der Waals surface area contributed by atoms with Crippen molar-refractivity contribution in [2.45, 2.75) is 43.9 Å². The maximum atomic E-state index is 12.8. The zero-order chi connectivity index (χ0) is 22.9. The van der Waals surface area contributed by atoms with Crippen LogP contribution in [0.2, 0.25) is 5.15 Å². The predicted octanol–water partition coefficient (Wildman–Crippen LogP) is 3.25. The molecule has 1 aliphatic carbocycles. The second-order valence-corrected chi connectivity index (χ2v) is 10.4. The lowest BCUT2D eigenvalue weighted by Crippen LogP contribution is -2.54. The average molecular weight is 486 g/mol. The lowest BCUT2D eigenvalue weighted by molar-refractivity contribution is -0.135. The standard InChI is InChI=1S/C24H28ClN5O2S/c1-16-13-28(10-11-30(16)23(32)18-6-7-18)21-12-20(25)26-24(27-21)33-15-22(31)29-9-8-17-4-2-3-5-19(17)14-29/h2-5,12,16,18H,6-11,13-15H2,1H3. The molecule has 1 aromatic carbocycles. The molecule has 1 saturated carbocycles. The maximum Gasteiger partial charge on any atom is 0.233 e. The SMILES string of the molecule is CC1CN(c2cc(Cl)nc(SCC(=O)N3CCc4ccccc4C3)n2)CCN1C(=O)C1CC1. The van der Waals surface area contributed by atoms with E-state index < -0.39 is 0 Å². The van der Waals surface area contributed by atoms with Crippen LogP contribution in [-0.4, -0.2) is 69.6 Å². The number of thioether (sulfide) groups is 1. The zero-order valence-electron chi connectivity index (χ0n) is 18.7. The van der Waals surface area contributed by atoms with Gasteiger partial charge in [-0.3, -0.25) is 9.59 Å². The van der Waals surface area contributed by atoms with E-state index in [9.17, 15) is 9.59 Å². The monoisotopic (exact) mass is 485 g/mol. The normalized spacial score (nSPS) is 20.5. The Kier molecular flexibility index (Phi) is 6.47. The summed E-state index contributed by atoms with van der Waals surface area (Å²) in [6, 6.07) is 10.2. The molecule has 0 radical (unpaired) electrons. The minimum atomic E-state index is 0.0838. The van der Waals surface area contributed by atoms with E-state index in [4.69, 9.17) is 11.6 Å². The fraction of sp³-hybridized carbons (Fsp3) is 0.500. The Bertz CT molecular complexity index is 1060. The summed E-state index contributed by atoms with van der Waals surface area (Å²) in [4.78, 5) is 40.4. The Morgan fingerprint density at radius 1 is 1.12 bits per heavy atom. The number of anilines is 1. The van der Waals surface area contributed by atoms with Crippen LogP contribution >= 0.6 is 23.4 Å². The van der Waals surface area contributed by atoms with E-state index in [0.717, 1.165) is 31.6 Å². The molecule has 3 aliphatic rings. The van der Waals surface area contributed by atoms with Gasteiger partial charge in [-0.15, -0.1) is 0 Å². The number of piperazine rings is 1. The van der Waals surface area contributed by atoms with E-state index in [1.165, 1.54) is 22.9 Å². The topological polar surface area (TPSA) is 69.6 Å². The lowest BCUT2D eigenvalue weighted by atomic mass is 10.00. The third kappa shape index (κ3) is 5.11. The van der Waals surface area contributed by atoms with E-state index in [1.807, 2.05) is 21.9 Å². The molecule has 5 rings (SSSR count). The van der Waals surface area contributed by atoms with Crippen molar-refractivity contribution in [2.75, 3.05) is 36.8 Å². The number of carbonyl (C=O) groups excluding carboxylic acids is 2. The highest BCUT2D eigenvalue weighted by Crippen LogP contribution is 2.33. The quantitative estimate of drug-likeness (QED) is 0.368. The Morgan fingerprint density at radius 3 is 2.67 bits per heavy atom. The molecule has 33 heavy (non-hydrogen) atoms. The minimum absolute atomic E-state index is 0.0838. The highest BCUT2D eigenvalue weighted by atomic mass is 35.5. The molecule has 0 spiro atoms. The average Bonchev–Trinajstić information content (AvgIpc) is 3.67. The van der Waals surface area contributed by atoms with Gasteiger partial charge in [0.25, 0.3) is 0 Å². The van der Waals surface area contributed by atoms with E-state index in [0.29, 0.717) is 36.5 Å². The summed E-state index contributed by atoms with van der Waals surface area (Å²) in [6.45, 7) is 5.59. The van der Waals surface area contributed by atoms with Crippen LogP contribution in [0.5, 0.6) is 0 Å². The first-order valence-electron chi connectivity index (χ1n) is 11.6. The van der Waals surface area contributed by atoms with Crippen molar-refractivity contribution < 1.29 is 9.59 Å². The first-order chi connectivity index (χ1) is 16.0. The van der Waals surface area contributed by atoms with Gasteiger partial charge in [-0.25, -0.2) is 9.97 Å². The molecule has 7 nitrogen and oxygen atoms in total. The summed E-state index contributed by atoms with van der Waals surface area (Å²) < 4.78 is 0. The molecular formula is C24H28ClN5O2S. The third-order valence-corrected chi connectivity index (χ3v) is 7.66. The van der Waals surface area contributed by atoms with Crippen LogP contribution in [0.4, 0.5) is 5.82 Å². The molecule has 9 heteroatoms. The Morgan fingerprint density at radius 2 is 1.91 bits per heavy atom. The number of carbonyl (C=O) groups is 2. The summed E-state index contributed by atoms with van der Waals surface area (Å²) in [7, 11) is 0. The number of hydrogen-bond donors (Lipinski definition) is 0. The smallest absolute Gasteiger partial charge is 0.233 e. The first kappa shape index (κ1) is 22.5. The van der Waals surface area contributed by atoms with E-state index in [1.54, 1.807) is 6.07 Å². The van der Waals surface area contributed by atoms with Crippen LogP contribution < -0.4 is 4.90 Å². The highest BCUT2D eigenvalue weighted by Gasteiger charge is 2.37. The summed E-state index contributed by atoms with van der Waals surface area (Å²) in [5.41, 5.74) is 2.54. The Hall–Kier alpha value is -2.32. The fourth-order valence-electron chi connectivity index (χ4n) is 4.60. The molecule has 1 unspecified atom stereocenters. The van der Waals surface area contributed by atoms with Crippen LogP contribution in [0, 0.1) is 5.92 Å². The molecular weight excluding hydrogens is 458 g/mol. The number of fused-ring (bicyclic) bond motifs is 1. The molecule has 2 fully saturated rings. The van der Waals surface area contributed by atoms with Crippen LogP contribution in [0.15, 0.2) is 35.5 Å². The van der Waals surface area contributed by atoms with Crippen molar-refractivity contribution in [2.24, 2.45) is 5.92 Å². The number of nitrogens with zero attached hydrogens (tertiary/aromatic N) is 5. The second kappa shape index (κ2) is 9.50. The van der Waals surface area contributed by atoms with E-state index in [-0.39, 0.29) is 29.5 Å². The van der Waals surface area contributed by atoms with Crippen molar-refractivity contribution in [1.82, 2.24) is 19.8 Å². The number of aromatic nitrogens is 2. The van der Waals surface area contributed by atoms with Crippen LogP contribution in [-0.2, 0) is 22.6 Å². The molecule has 2 amide bonds. The van der Waals surface area contributed by atoms with Gasteiger partial charge in [-0.05, 0) is 37.3 Å². The van der Waals surface area contributed by atoms with Gasteiger partial charge in [-0.2, -0.15) is 0 Å². The minimum Gasteiger partial charge on any atom is -0.353 e. The van der Waals surface area contributed by atoms with E-state index >= 15 is 0 Å². The number of rotatable bonds is 5. The zero-order valence-corrected chi connectivity index (χ0v) is 20.3. The number of halogens is 1. The second-order valence-electron chi connectivity index (χ2n) is 9.06. The molecule has 0 bridgehead atoms. The lowest BCUT2D eigenvalue weighted by Gasteiger charge is -2.40. The van der Waals surface area contributed by atoms with Gasteiger partial charge in [-0.1, -0.05) is 47.6 Å². The van der Waals surface area contributed by atoms with Crippen LogP contribution in [0.1, 0.15) is 30.9 Å².